The van der Waals surface area contributed by atoms with Crippen LogP contribution in [0.1, 0.15) is 18.2 Å². The number of amides is 2. The predicted octanol–water partition coefficient (Wildman–Crippen LogP) is 4.76. The Balaban J connectivity index is 1.57. The van der Waals surface area contributed by atoms with Crippen LogP contribution in [0.3, 0.4) is 0 Å². The molecule has 2 amide bonds. The number of alkyl halides is 2. The number of nitrogens with zero attached hydrogens (tertiary/aromatic N) is 2. The highest BCUT2D eigenvalue weighted by Crippen LogP contribution is 2.29. The molecule has 1 N–H and O–H groups in total. The number of ether oxygens (including phenoxy) is 1. The fourth-order valence-corrected chi connectivity index (χ4v) is 3.51. The average Bonchev–Trinajstić information content (AvgIpc) is 3.20. The normalized spacial score (nSPS) is 11.0. The van der Waals surface area contributed by atoms with Crippen molar-refractivity contribution < 1.29 is 23.1 Å². The third-order valence-electron chi connectivity index (χ3n) is 4.05. The molecule has 0 aliphatic rings. The number of carbonyl (C=O) groups is 2. The maximum absolute atomic E-state index is 12.2. The summed E-state index contributed by atoms with van der Waals surface area (Å²) in [6.07, 6.45) is 2.89. The van der Waals surface area contributed by atoms with Crippen LogP contribution < -0.4 is 15.0 Å². The van der Waals surface area contributed by atoms with Crippen LogP contribution in [0.4, 0.5) is 19.6 Å². The molecule has 0 unspecified atom stereocenters. The number of hydrogen-bond acceptors (Lipinski definition) is 5. The number of para-hydroxylation sites is 1. The van der Waals surface area contributed by atoms with Gasteiger partial charge in [-0.1, -0.05) is 30.3 Å². The first-order valence-electron chi connectivity index (χ1n) is 9.23. The maximum Gasteiger partial charge on any atom is 0.387 e. The molecule has 0 saturated heterocycles. The number of hydrogen-bond donors (Lipinski definition) is 1. The minimum Gasteiger partial charge on any atom is -0.435 e. The van der Waals surface area contributed by atoms with E-state index in [0.29, 0.717) is 16.5 Å². The summed E-state index contributed by atoms with van der Waals surface area (Å²) in [5.74, 6) is -0.452. The van der Waals surface area contributed by atoms with Crippen LogP contribution in [0.5, 0.6) is 5.75 Å². The highest BCUT2D eigenvalue weighted by atomic mass is 32.1. The van der Waals surface area contributed by atoms with Gasteiger partial charge in [0.2, 0.25) is 11.8 Å². The lowest BCUT2D eigenvalue weighted by atomic mass is 10.2. The molecular weight excluding hydrogens is 424 g/mol. The van der Waals surface area contributed by atoms with E-state index in [9.17, 15) is 18.4 Å². The summed E-state index contributed by atoms with van der Waals surface area (Å²) in [4.78, 5) is 30.1. The van der Waals surface area contributed by atoms with Crippen LogP contribution >= 0.6 is 11.3 Å². The van der Waals surface area contributed by atoms with E-state index in [1.165, 1.54) is 41.4 Å². The zero-order valence-electron chi connectivity index (χ0n) is 16.5. The second-order valence-corrected chi connectivity index (χ2v) is 7.16. The lowest BCUT2D eigenvalue weighted by molar-refractivity contribution is -0.117. The average molecular weight is 443 g/mol. The molecule has 0 atom stereocenters. The monoisotopic (exact) mass is 443 g/mol. The van der Waals surface area contributed by atoms with E-state index in [1.54, 1.807) is 23.6 Å². The fraction of sp³-hybridized carbons (Fsp3) is 0.136. The number of nitrogens with one attached hydrogen (secondary N) is 1. The van der Waals surface area contributed by atoms with Crippen molar-refractivity contribution in [2.75, 3.05) is 4.90 Å². The van der Waals surface area contributed by atoms with Crippen molar-refractivity contribution in [3.63, 3.8) is 0 Å². The van der Waals surface area contributed by atoms with Crippen molar-refractivity contribution >= 4 is 40.0 Å². The molecule has 0 bridgehead atoms. The van der Waals surface area contributed by atoms with Gasteiger partial charge in [0.15, 0.2) is 5.13 Å². The number of thiazole rings is 1. The quantitative estimate of drug-likeness (QED) is 0.510. The molecule has 6 nitrogen and oxygen atoms in total. The molecule has 0 radical (unpaired) electrons. The summed E-state index contributed by atoms with van der Waals surface area (Å²) < 4.78 is 28.6. The maximum atomic E-state index is 12.2. The van der Waals surface area contributed by atoms with Crippen LogP contribution in [0.2, 0.25) is 0 Å². The summed E-state index contributed by atoms with van der Waals surface area (Å²) in [5.41, 5.74) is 1.99. The topological polar surface area (TPSA) is 71.5 Å². The van der Waals surface area contributed by atoms with Gasteiger partial charge >= 0.3 is 6.61 Å². The molecule has 160 valence electrons. The number of anilines is 2. The minimum atomic E-state index is -2.88. The Kier molecular flexibility index (Phi) is 7.45. The molecule has 3 rings (SSSR count). The van der Waals surface area contributed by atoms with Gasteiger partial charge in [-0.05, 0) is 35.9 Å². The number of aromatic nitrogens is 1. The molecule has 9 heteroatoms. The van der Waals surface area contributed by atoms with E-state index in [0.717, 1.165) is 5.56 Å². The van der Waals surface area contributed by atoms with Crippen molar-refractivity contribution in [3.8, 4) is 5.75 Å². The lowest BCUT2D eigenvalue weighted by Gasteiger charge is -2.17. The number of rotatable bonds is 8. The summed E-state index contributed by atoms with van der Waals surface area (Å²) in [6.45, 7) is -1.19. The molecule has 1 aromatic heterocycles. The summed E-state index contributed by atoms with van der Waals surface area (Å²) in [5, 5.41) is 4.95. The second kappa shape index (κ2) is 10.4. The van der Waals surface area contributed by atoms with Crippen molar-refractivity contribution in [1.82, 2.24) is 10.3 Å². The van der Waals surface area contributed by atoms with Gasteiger partial charge in [0.1, 0.15) is 5.75 Å². The van der Waals surface area contributed by atoms with E-state index >= 15 is 0 Å². The van der Waals surface area contributed by atoms with Crippen LogP contribution in [-0.2, 0) is 16.1 Å². The molecule has 31 heavy (non-hydrogen) atoms. The van der Waals surface area contributed by atoms with E-state index < -0.39 is 6.61 Å². The third kappa shape index (κ3) is 6.45. The highest BCUT2D eigenvalue weighted by Gasteiger charge is 2.17. The van der Waals surface area contributed by atoms with E-state index in [-0.39, 0.29) is 24.1 Å². The Morgan fingerprint density at radius 1 is 1.16 bits per heavy atom. The first kappa shape index (κ1) is 22.1. The number of halogens is 2. The van der Waals surface area contributed by atoms with Gasteiger partial charge in [0.25, 0.3) is 0 Å². The number of benzene rings is 2. The third-order valence-corrected chi connectivity index (χ3v) is 4.90. The van der Waals surface area contributed by atoms with Crippen LogP contribution in [0.25, 0.3) is 6.08 Å². The van der Waals surface area contributed by atoms with Crippen LogP contribution in [-0.4, -0.2) is 23.4 Å². The second-order valence-electron chi connectivity index (χ2n) is 6.32. The summed E-state index contributed by atoms with van der Waals surface area (Å²) in [7, 11) is 0. The molecule has 0 aliphatic heterocycles. The molecular formula is C22H19F2N3O3S. The Hall–Kier alpha value is -3.59. The minimum absolute atomic E-state index is 0.0550. The van der Waals surface area contributed by atoms with E-state index in [4.69, 9.17) is 0 Å². The van der Waals surface area contributed by atoms with Gasteiger partial charge in [-0.15, -0.1) is 11.3 Å². The van der Waals surface area contributed by atoms with Gasteiger partial charge in [-0.25, -0.2) is 4.98 Å². The van der Waals surface area contributed by atoms with Crippen LogP contribution in [0, 0.1) is 0 Å². The lowest BCUT2D eigenvalue weighted by Crippen LogP contribution is -2.22. The zero-order valence-corrected chi connectivity index (χ0v) is 17.3. The molecule has 1 heterocycles. The molecule has 0 spiro atoms. The predicted molar refractivity (Wildman–Crippen MR) is 115 cm³/mol. The van der Waals surface area contributed by atoms with Gasteiger partial charge in [0.05, 0.1) is 11.4 Å². The molecule has 0 aliphatic carbocycles. The van der Waals surface area contributed by atoms with E-state index in [2.05, 4.69) is 15.0 Å². The smallest absolute Gasteiger partial charge is 0.387 e. The Morgan fingerprint density at radius 2 is 1.87 bits per heavy atom. The Bertz CT molecular complexity index is 1050. The fourth-order valence-electron chi connectivity index (χ4n) is 2.66. The highest BCUT2D eigenvalue weighted by molar-refractivity contribution is 7.14. The van der Waals surface area contributed by atoms with Crippen molar-refractivity contribution in [2.45, 2.75) is 20.1 Å². The molecule has 2 aromatic carbocycles. The number of carbonyl (C=O) groups excluding carboxylic acids is 2. The standard InChI is InChI=1S/C22H19F2N3O3S/c1-15(28)27(18-5-3-2-4-6-18)22-26-17(14-31-22)9-12-20(29)25-13-16-7-10-19(11-8-16)30-21(23)24/h2-12,14,21H,13H2,1H3,(H,25,29)/b12-9+. The molecule has 0 saturated carbocycles. The van der Waals surface area contributed by atoms with Gasteiger partial charge in [0, 0.05) is 24.9 Å². The largest absolute Gasteiger partial charge is 0.435 e. The van der Waals surface area contributed by atoms with Crippen molar-refractivity contribution in [1.29, 1.82) is 0 Å². The van der Waals surface area contributed by atoms with Crippen molar-refractivity contribution in [3.05, 3.63) is 77.3 Å². The summed E-state index contributed by atoms with van der Waals surface area (Å²) >= 11 is 1.29. The van der Waals surface area contributed by atoms with Crippen molar-refractivity contribution in [2.24, 2.45) is 0 Å². The SMILES string of the molecule is CC(=O)N(c1ccccc1)c1nc(/C=C/C(=O)NCc2ccc(OC(F)F)cc2)cs1. The van der Waals surface area contributed by atoms with E-state index in [1.807, 2.05) is 30.3 Å². The molecule has 0 fully saturated rings. The Morgan fingerprint density at radius 3 is 2.52 bits per heavy atom. The van der Waals surface area contributed by atoms with Gasteiger partial charge in [-0.3, -0.25) is 14.5 Å². The molecule has 3 aromatic rings. The first-order chi connectivity index (χ1) is 14.9. The zero-order chi connectivity index (χ0) is 22.2. The van der Waals surface area contributed by atoms with Gasteiger partial charge in [-0.2, -0.15) is 8.78 Å². The van der Waals surface area contributed by atoms with Gasteiger partial charge < -0.3 is 10.1 Å². The first-order valence-corrected chi connectivity index (χ1v) is 10.1. The van der Waals surface area contributed by atoms with Crippen LogP contribution in [0.15, 0.2) is 66.1 Å². The summed E-state index contributed by atoms with van der Waals surface area (Å²) in [6, 6.07) is 15.2. The Labute approximate surface area is 181 Å².